The van der Waals surface area contributed by atoms with Crippen molar-refractivity contribution in [3.63, 3.8) is 0 Å². The number of carbonyl (C=O) groups is 1. The van der Waals surface area contributed by atoms with Crippen LogP contribution >= 0.6 is 0 Å². The molecule has 21 heavy (non-hydrogen) atoms. The number of nitrogens with zero attached hydrogens (tertiary/aromatic N) is 1. The van der Waals surface area contributed by atoms with Crippen molar-refractivity contribution in [2.75, 3.05) is 20.7 Å². The van der Waals surface area contributed by atoms with E-state index in [1.165, 1.54) is 0 Å². The average Bonchev–Trinajstić information content (AvgIpc) is 2.45. The van der Waals surface area contributed by atoms with Crippen LogP contribution in [0, 0.1) is 5.41 Å². The van der Waals surface area contributed by atoms with Gasteiger partial charge in [0.05, 0.1) is 5.41 Å². The highest BCUT2D eigenvalue weighted by Crippen LogP contribution is 2.39. The van der Waals surface area contributed by atoms with Crippen molar-refractivity contribution in [2.45, 2.75) is 39.2 Å². The zero-order valence-corrected chi connectivity index (χ0v) is 13.7. The van der Waals surface area contributed by atoms with E-state index in [1.807, 2.05) is 58.0 Å². The molecule has 0 fully saturated rings. The van der Waals surface area contributed by atoms with Crippen molar-refractivity contribution in [1.29, 1.82) is 0 Å². The summed E-state index contributed by atoms with van der Waals surface area (Å²) in [5, 5.41) is 9.12. The summed E-state index contributed by atoms with van der Waals surface area (Å²) in [5.74, 6) is 0.293. The third kappa shape index (κ3) is 3.83. The Morgan fingerprint density at radius 2 is 1.76 bits per heavy atom. The summed E-state index contributed by atoms with van der Waals surface area (Å²) in [6, 6.07) is 9.11. The summed E-state index contributed by atoms with van der Waals surface area (Å²) >= 11 is 0. The van der Waals surface area contributed by atoms with Crippen LogP contribution in [-0.4, -0.2) is 42.2 Å². The van der Waals surface area contributed by atoms with Crippen LogP contribution in [0.25, 0.3) is 0 Å². The molecule has 0 aliphatic rings. The fraction of sp³-hybridized carbons (Fsp3) is 0.588. The number of ether oxygens (including phenoxy) is 1. The van der Waals surface area contributed by atoms with Gasteiger partial charge in [-0.15, -0.1) is 0 Å². The Morgan fingerprint density at radius 1 is 1.19 bits per heavy atom. The molecule has 118 valence electrons. The van der Waals surface area contributed by atoms with Crippen LogP contribution in [0.2, 0.25) is 0 Å². The Hall–Kier alpha value is -1.39. The number of esters is 1. The summed E-state index contributed by atoms with van der Waals surface area (Å²) < 4.78 is 5.53. The first-order valence-electron chi connectivity index (χ1n) is 7.31. The van der Waals surface area contributed by atoms with Crippen LogP contribution < -0.4 is 4.74 Å². The molecule has 1 aromatic rings. The summed E-state index contributed by atoms with van der Waals surface area (Å²) in [6.45, 7) is 5.95. The lowest BCUT2D eigenvalue weighted by molar-refractivity contribution is -0.153. The van der Waals surface area contributed by atoms with Crippen LogP contribution in [-0.2, 0) is 4.79 Å². The van der Waals surface area contributed by atoms with E-state index in [0.29, 0.717) is 18.6 Å². The largest absolute Gasteiger partial charge is 0.426 e. The van der Waals surface area contributed by atoms with Gasteiger partial charge in [0, 0.05) is 12.1 Å². The lowest BCUT2D eigenvalue weighted by atomic mass is 9.70. The maximum atomic E-state index is 12.6. The van der Waals surface area contributed by atoms with Gasteiger partial charge in [-0.3, -0.25) is 4.79 Å². The SMILES string of the molecule is CN(C)C(C)(CCCO)C(C)(C)C(=O)Oc1ccccc1. The van der Waals surface area contributed by atoms with Crippen LogP contribution in [0.4, 0.5) is 0 Å². The predicted octanol–water partition coefficient (Wildman–Crippen LogP) is 2.71. The number of rotatable bonds is 7. The van der Waals surface area contributed by atoms with Crippen molar-refractivity contribution in [1.82, 2.24) is 4.90 Å². The van der Waals surface area contributed by atoms with Crippen LogP contribution in [0.15, 0.2) is 30.3 Å². The highest BCUT2D eigenvalue weighted by atomic mass is 16.5. The van der Waals surface area contributed by atoms with Crippen LogP contribution in [0.5, 0.6) is 5.75 Å². The Kier molecular flexibility index (Phi) is 5.93. The Balaban J connectivity index is 2.96. The summed E-state index contributed by atoms with van der Waals surface area (Å²) in [6.07, 6.45) is 1.37. The molecule has 0 radical (unpaired) electrons. The van der Waals surface area contributed by atoms with Crippen LogP contribution in [0.3, 0.4) is 0 Å². The maximum absolute atomic E-state index is 12.6. The minimum absolute atomic E-state index is 0.118. The van der Waals surface area contributed by atoms with E-state index < -0.39 is 11.0 Å². The maximum Gasteiger partial charge on any atom is 0.318 e. The minimum atomic E-state index is -0.707. The molecule has 0 amide bonds. The number of aliphatic hydroxyl groups excluding tert-OH is 1. The van der Waals surface area contributed by atoms with E-state index >= 15 is 0 Å². The molecule has 0 heterocycles. The fourth-order valence-corrected chi connectivity index (χ4v) is 2.46. The topological polar surface area (TPSA) is 49.8 Å². The molecule has 1 atom stereocenters. The quantitative estimate of drug-likeness (QED) is 0.620. The zero-order valence-electron chi connectivity index (χ0n) is 13.7. The lowest BCUT2D eigenvalue weighted by Crippen LogP contribution is -2.57. The molecule has 1 aromatic carbocycles. The molecule has 0 bridgehead atoms. The van der Waals surface area contributed by atoms with Crippen molar-refractivity contribution in [2.24, 2.45) is 5.41 Å². The second-order valence-corrected chi connectivity index (χ2v) is 6.32. The average molecular weight is 293 g/mol. The van der Waals surface area contributed by atoms with Gasteiger partial charge in [0.25, 0.3) is 0 Å². The molecule has 0 spiro atoms. The highest BCUT2D eigenvalue weighted by Gasteiger charge is 2.48. The molecule has 0 saturated heterocycles. The van der Waals surface area contributed by atoms with Crippen molar-refractivity contribution in [3.8, 4) is 5.75 Å². The standard InChI is InChI=1S/C17H27NO3/c1-16(2,17(3,18(4)5)12-9-13-19)15(20)21-14-10-7-6-8-11-14/h6-8,10-11,19H,9,12-13H2,1-5H3. The highest BCUT2D eigenvalue weighted by molar-refractivity contribution is 5.80. The normalized spacial score (nSPS) is 14.8. The Labute approximate surface area is 127 Å². The minimum Gasteiger partial charge on any atom is -0.426 e. The van der Waals surface area contributed by atoms with E-state index in [9.17, 15) is 4.79 Å². The van der Waals surface area contributed by atoms with Crippen molar-refractivity contribution in [3.05, 3.63) is 30.3 Å². The summed E-state index contributed by atoms with van der Waals surface area (Å²) in [5.41, 5.74) is -1.11. The van der Waals surface area contributed by atoms with Gasteiger partial charge >= 0.3 is 5.97 Å². The van der Waals surface area contributed by atoms with Gasteiger partial charge in [-0.05, 0) is 59.8 Å². The Morgan fingerprint density at radius 3 is 2.24 bits per heavy atom. The van der Waals surface area contributed by atoms with Crippen molar-refractivity contribution >= 4 is 5.97 Å². The Bertz CT molecular complexity index is 456. The number of para-hydroxylation sites is 1. The second kappa shape index (κ2) is 7.05. The second-order valence-electron chi connectivity index (χ2n) is 6.32. The molecule has 0 saturated carbocycles. The first kappa shape index (κ1) is 17.7. The van der Waals surface area contributed by atoms with Gasteiger partial charge in [-0.25, -0.2) is 0 Å². The first-order chi connectivity index (χ1) is 9.75. The smallest absolute Gasteiger partial charge is 0.318 e. The third-order valence-corrected chi connectivity index (χ3v) is 4.62. The molecule has 1 unspecified atom stereocenters. The van der Waals surface area contributed by atoms with E-state index in [-0.39, 0.29) is 12.6 Å². The first-order valence-corrected chi connectivity index (χ1v) is 7.31. The van der Waals surface area contributed by atoms with Gasteiger partial charge in [0.15, 0.2) is 0 Å². The molecule has 1 rings (SSSR count). The van der Waals surface area contributed by atoms with Gasteiger partial charge < -0.3 is 14.7 Å². The number of hydrogen-bond donors (Lipinski definition) is 1. The molecule has 0 aromatic heterocycles. The summed E-state index contributed by atoms with van der Waals surface area (Å²) in [4.78, 5) is 14.7. The predicted molar refractivity (Wildman–Crippen MR) is 84.3 cm³/mol. The number of carbonyl (C=O) groups excluding carboxylic acids is 1. The van der Waals surface area contributed by atoms with Crippen molar-refractivity contribution < 1.29 is 14.6 Å². The van der Waals surface area contributed by atoms with Gasteiger partial charge in [0.2, 0.25) is 0 Å². The molecule has 1 N–H and O–H groups in total. The summed E-state index contributed by atoms with van der Waals surface area (Å²) in [7, 11) is 3.91. The molecule has 4 nitrogen and oxygen atoms in total. The number of hydrogen-bond acceptors (Lipinski definition) is 4. The van der Waals surface area contributed by atoms with Gasteiger partial charge in [-0.1, -0.05) is 18.2 Å². The molecule has 0 aliphatic carbocycles. The number of aliphatic hydroxyl groups is 1. The molecule has 4 heteroatoms. The van der Waals surface area contributed by atoms with E-state index in [2.05, 4.69) is 0 Å². The molecule has 0 aliphatic heterocycles. The fourth-order valence-electron chi connectivity index (χ4n) is 2.46. The lowest BCUT2D eigenvalue weighted by Gasteiger charge is -2.47. The van der Waals surface area contributed by atoms with E-state index in [1.54, 1.807) is 12.1 Å². The zero-order chi connectivity index (χ0) is 16.1. The molecular weight excluding hydrogens is 266 g/mol. The van der Waals surface area contributed by atoms with Crippen LogP contribution in [0.1, 0.15) is 33.6 Å². The third-order valence-electron chi connectivity index (χ3n) is 4.62. The van der Waals surface area contributed by atoms with Gasteiger partial charge in [-0.2, -0.15) is 0 Å². The monoisotopic (exact) mass is 293 g/mol. The van der Waals surface area contributed by atoms with E-state index in [0.717, 1.165) is 0 Å². The molecular formula is C17H27NO3. The van der Waals surface area contributed by atoms with Gasteiger partial charge in [0.1, 0.15) is 5.75 Å². The number of benzene rings is 1. The van der Waals surface area contributed by atoms with E-state index in [4.69, 9.17) is 9.84 Å².